The molecule has 0 atom stereocenters. The van der Waals surface area contributed by atoms with Crippen molar-refractivity contribution in [1.29, 1.82) is 0 Å². The minimum Gasteiger partial charge on any atom is -0.309 e. The lowest BCUT2D eigenvalue weighted by molar-refractivity contribution is 1.18. The minimum atomic E-state index is 1.18. The molecule has 0 aliphatic rings. The van der Waals surface area contributed by atoms with E-state index >= 15 is 0 Å². The fourth-order valence-corrected chi connectivity index (χ4v) is 10.9. The van der Waals surface area contributed by atoms with Gasteiger partial charge in [-0.25, -0.2) is 0 Å². The van der Waals surface area contributed by atoms with Gasteiger partial charge in [0.05, 0.1) is 22.1 Å². The maximum Gasteiger partial charge on any atom is 0.0548 e. The molecular formula is C48H28N2S2. The highest BCUT2D eigenvalue weighted by Crippen LogP contribution is 2.44. The van der Waals surface area contributed by atoms with Gasteiger partial charge in [0.15, 0.2) is 0 Å². The molecule has 4 heteroatoms. The van der Waals surface area contributed by atoms with E-state index in [0.717, 1.165) is 0 Å². The SMILES string of the molecule is c1ccc(-n2c3ccccc3c3cc4c(cc32)c2ccccc2n4-c2ccc3c(c2)sc2cccc(-c4ccc5sc6ccccc6c5c4)c23)cc1. The van der Waals surface area contributed by atoms with Crippen LogP contribution in [0.15, 0.2) is 170 Å². The van der Waals surface area contributed by atoms with Crippen molar-refractivity contribution in [3.63, 3.8) is 0 Å². The second-order valence-corrected chi connectivity index (χ2v) is 15.9. The Hall–Kier alpha value is -6.20. The summed E-state index contributed by atoms with van der Waals surface area (Å²) in [5.74, 6) is 0. The summed E-state index contributed by atoms with van der Waals surface area (Å²) in [4.78, 5) is 0. The second-order valence-electron chi connectivity index (χ2n) is 13.7. The first-order chi connectivity index (χ1) is 25.8. The van der Waals surface area contributed by atoms with Crippen molar-refractivity contribution < 1.29 is 0 Å². The normalized spacial score (nSPS) is 12.2. The number of hydrogen-bond donors (Lipinski definition) is 0. The molecule has 0 aliphatic carbocycles. The van der Waals surface area contributed by atoms with Crippen molar-refractivity contribution in [1.82, 2.24) is 9.13 Å². The fourth-order valence-electron chi connectivity index (χ4n) is 8.65. The van der Waals surface area contributed by atoms with E-state index < -0.39 is 0 Å². The summed E-state index contributed by atoms with van der Waals surface area (Å²) in [6, 6.07) is 62.9. The fraction of sp³-hybridized carbons (Fsp3) is 0. The Morgan fingerprint density at radius 2 is 0.923 bits per heavy atom. The van der Waals surface area contributed by atoms with E-state index in [1.807, 2.05) is 22.7 Å². The molecule has 0 spiro atoms. The Morgan fingerprint density at radius 3 is 1.69 bits per heavy atom. The molecule has 4 heterocycles. The van der Waals surface area contributed by atoms with Gasteiger partial charge in [-0.15, -0.1) is 22.7 Å². The molecule has 0 saturated heterocycles. The van der Waals surface area contributed by atoms with Gasteiger partial charge in [0.1, 0.15) is 0 Å². The molecule has 0 amide bonds. The highest BCUT2D eigenvalue weighted by atomic mass is 32.1. The van der Waals surface area contributed by atoms with Crippen LogP contribution in [-0.2, 0) is 0 Å². The first-order valence-electron chi connectivity index (χ1n) is 17.7. The lowest BCUT2D eigenvalue weighted by Gasteiger charge is -2.10. The molecule has 2 nitrogen and oxygen atoms in total. The molecule has 4 aromatic heterocycles. The largest absolute Gasteiger partial charge is 0.309 e. The summed E-state index contributed by atoms with van der Waals surface area (Å²) in [6.45, 7) is 0. The minimum absolute atomic E-state index is 1.18. The Balaban J connectivity index is 1.09. The summed E-state index contributed by atoms with van der Waals surface area (Å²) < 4.78 is 10.2. The van der Waals surface area contributed by atoms with Gasteiger partial charge < -0.3 is 9.13 Å². The smallest absolute Gasteiger partial charge is 0.0548 e. The van der Waals surface area contributed by atoms with E-state index in [2.05, 4.69) is 179 Å². The molecule has 52 heavy (non-hydrogen) atoms. The molecule has 12 aromatic rings. The van der Waals surface area contributed by atoms with Gasteiger partial charge in [-0.3, -0.25) is 0 Å². The molecule has 0 fully saturated rings. The first-order valence-corrected chi connectivity index (χ1v) is 19.3. The highest BCUT2D eigenvalue weighted by Gasteiger charge is 2.19. The van der Waals surface area contributed by atoms with Crippen LogP contribution in [0.1, 0.15) is 0 Å². The number of para-hydroxylation sites is 3. The summed E-state index contributed by atoms with van der Waals surface area (Å²) in [7, 11) is 0. The lowest BCUT2D eigenvalue weighted by Crippen LogP contribution is -1.94. The van der Waals surface area contributed by atoms with Crippen LogP contribution in [0, 0.1) is 0 Å². The van der Waals surface area contributed by atoms with Crippen molar-refractivity contribution >= 4 is 107 Å². The van der Waals surface area contributed by atoms with E-state index in [1.165, 1.54) is 106 Å². The van der Waals surface area contributed by atoms with E-state index in [9.17, 15) is 0 Å². The monoisotopic (exact) mass is 696 g/mol. The summed E-state index contributed by atoms with van der Waals surface area (Å²) in [6.07, 6.45) is 0. The van der Waals surface area contributed by atoms with Crippen LogP contribution in [-0.4, -0.2) is 9.13 Å². The van der Waals surface area contributed by atoms with Crippen LogP contribution in [0.3, 0.4) is 0 Å². The van der Waals surface area contributed by atoms with Crippen molar-refractivity contribution in [2.45, 2.75) is 0 Å². The molecule has 0 N–H and O–H groups in total. The molecule has 0 unspecified atom stereocenters. The Bertz CT molecular complexity index is 3410. The summed E-state index contributed by atoms with van der Waals surface area (Å²) in [5.41, 5.74) is 9.82. The number of thiophene rings is 2. The standard InChI is InChI=1S/C48H28N2S2/c1-2-11-30(12-3-1)49-40-17-7-4-13-33(40)37-28-43-38(27-42(37)49)34-14-5-8-18-41(34)50(43)31-22-23-36-47(26-31)52-46-20-10-16-32(48(36)46)29-21-24-45-39(25-29)35-15-6-9-19-44(35)51-45/h1-28H. The third-order valence-corrected chi connectivity index (χ3v) is 13.2. The summed E-state index contributed by atoms with van der Waals surface area (Å²) >= 11 is 3.77. The second kappa shape index (κ2) is 10.7. The molecule has 0 aliphatic heterocycles. The molecule has 0 saturated carbocycles. The van der Waals surface area contributed by atoms with Crippen LogP contribution in [0.5, 0.6) is 0 Å². The van der Waals surface area contributed by atoms with E-state index in [4.69, 9.17) is 0 Å². The van der Waals surface area contributed by atoms with E-state index in [0.29, 0.717) is 0 Å². The van der Waals surface area contributed by atoms with Gasteiger partial charge in [-0.2, -0.15) is 0 Å². The molecule has 0 radical (unpaired) electrons. The zero-order chi connectivity index (χ0) is 33.9. The number of fused-ring (bicyclic) bond motifs is 12. The molecule has 0 bridgehead atoms. The van der Waals surface area contributed by atoms with Gasteiger partial charge >= 0.3 is 0 Å². The van der Waals surface area contributed by atoms with Crippen molar-refractivity contribution in [3.8, 4) is 22.5 Å². The maximum atomic E-state index is 2.47. The van der Waals surface area contributed by atoms with E-state index in [1.54, 1.807) is 0 Å². The van der Waals surface area contributed by atoms with Crippen LogP contribution < -0.4 is 0 Å². The van der Waals surface area contributed by atoms with E-state index in [-0.39, 0.29) is 0 Å². The van der Waals surface area contributed by atoms with Gasteiger partial charge in [-0.05, 0) is 83.9 Å². The predicted octanol–water partition coefficient (Wildman–Crippen LogP) is 14.3. The van der Waals surface area contributed by atoms with Gasteiger partial charge in [0, 0.05) is 73.3 Å². The average molecular weight is 697 g/mol. The number of benzene rings is 8. The van der Waals surface area contributed by atoms with Crippen molar-refractivity contribution in [3.05, 3.63) is 170 Å². The topological polar surface area (TPSA) is 9.86 Å². The maximum absolute atomic E-state index is 2.47. The average Bonchev–Trinajstić information content (AvgIpc) is 3.94. The van der Waals surface area contributed by atoms with Crippen LogP contribution in [0.4, 0.5) is 0 Å². The zero-order valence-corrected chi connectivity index (χ0v) is 29.5. The Morgan fingerprint density at radius 1 is 0.308 bits per heavy atom. The van der Waals surface area contributed by atoms with Crippen LogP contribution >= 0.6 is 22.7 Å². The lowest BCUT2D eigenvalue weighted by atomic mass is 9.98. The number of rotatable bonds is 3. The number of aromatic nitrogens is 2. The zero-order valence-electron chi connectivity index (χ0n) is 27.9. The van der Waals surface area contributed by atoms with Gasteiger partial charge in [-0.1, -0.05) is 97.1 Å². The quantitative estimate of drug-likeness (QED) is 0.174. The van der Waals surface area contributed by atoms with Crippen molar-refractivity contribution in [2.75, 3.05) is 0 Å². The third-order valence-electron chi connectivity index (χ3n) is 10.9. The molecular weight excluding hydrogens is 669 g/mol. The summed E-state index contributed by atoms with van der Waals surface area (Å²) in [5, 5.41) is 10.4. The van der Waals surface area contributed by atoms with Gasteiger partial charge in [0.2, 0.25) is 0 Å². The molecule has 242 valence electrons. The first kappa shape index (κ1) is 28.5. The van der Waals surface area contributed by atoms with Crippen LogP contribution in [0.2, 0.25) is 0 Å². The number of hydrogen-bond acceptors (Lipinski definition) is 2. The number of nitrogens with zero attached hydrogens (tertiary/aromatic N) is 2. The van der Waals surface area contributed by atoms with Crippen LogP contribution in [0.25, 0.3) is 106 Å². The third kappa shape index (κ3) is 3.93. The van der Waals surface area contributed by atoms with Gasteiger partial charge in [0.25, 0.3) is 0 Å². The van der Waals surface area contributed by atoms with Crippen molar-refractivity contribution in [2.24, 2.45) is 0 Å². The Labute approximate surface area is 306 Å². The Kier molecular flexibility index (Phi) is 5.84. The molecule has 12 rings (SSSR count). The highest BCUT2D eigenvalue weighted by molar-refractivity contribution is 7.26. The molecule has 8 aromatic carbocycles. The predicted molar refractivity (Wildman–Crippen MR) is 226 cm³/mol.